The molecule has 0 atom stereocenters. The molecule has 0 fully saturated rings. The summed E-state index contributed by atoms with van der Waals surface area (Å²) in [6.07, 6.45) is 0. The van der Waals surface area contributed by atoms with E-state index in [0.717, 1.165) is 27.8 Å². The number of amides is 1. The molecule has 2 aromatic carbocycles. The SMILES string of the molecule is Cc1c(C)c(C)c(C(=O)OCC(=O)Nc2ccccc2F)c(C)c1C. The minimum atomic E-state index is -0.589. The third-order valence-corrected chi connectivity index (χ3v) is 4.69. The summed E-state index contributed by atoms with van der Waals surface area (Å²) >= 11 is 0. The second kappa shape index (κ2) is 7.47. The summed E-state index contributed by atoms with van der Waals surface area (Å²) in [6.45, 7) is 9.19. The van der Waals surface area contributed by atoms with E-state index in [4.69, 9.17) is 4.74 Å². The maximum atomic E-state index is 13.5. The van der Waals surface area contributed by atoms with Crippen LogP contribution in [0.5, 0.6) is 0 Å². The van der Waals surface area contributed by atoms with Crippen LogP contribution in [0.3, 0.4) is 0 Å². The molecular weight excluding hydrogens is 321 g/mol. The van der Waals surface area contributed by atoms with Crippen molar-refractivity contribution >= 4 is 17.6 Å². The van der Waals surface area contributed by atoms with E-state index in [9.17, 15) is 14.0 Å². The lowest BCUT2D eigenvalue weighted by molar-refractivity contribution is -0.119. The summed E-state index contributed by atoms with van der Waals surface area (Å²) in [4.78, 5) is 24.4. The summed E-state index contributed by atoms with van der Waals surface area (Å²) in [6, 6.07) is 5.82. The Hall–Kier alpha value is -2.69. The van der Waals surface area contributed by atoms with Crippen molar-refractivity contribution < 1.29 is 18.7 Å². The summed E-state index contributed by atoms with van der Waals surface area (Å²) in [5, 5.41) is 2.39. The first-order valence-electron chi connectivity index (χ1n) is 8.02. The molecule has 0 heterocycles. The van der Waals surface area contributed by atoms with Gasteiger partial charge in [-0.15, -0.1) is 0 Å². The normalized spacial score (nSPS) is 10.5. The van der Waals surface area contributed by atoms with E-state index < -0.39 is 24.3 Å². The number of rotatable bonds is 4. The molecule has 0 saturated heterocycles. The monoisotopic (exact) mass is 343 g/mol. The molecule has 1 N–H and O–H groups in total. The molecule has 0 unspecified atom stereocenters. The summed E-state index contributed by atoms with van der Waals surface area (Å²) in [5.41, 5.74) is 5.44. The van der Waals surface area contributed by atoms with E-state index in [-0.39, 0.29) is 5.69 Å². The molecule has 2 rings (SSSR count). The molecule has 4 nitrogen and oxygen atoms in total. The molecule has 25 heavy (non-hydrogen) atoms. The van der Waals surface area contributed by atoms with Gasteiger partial charge in [-0.25, -0.2) is 9.18 Å². The number of carbonyl (C=O) groups excluding carboxylic acids is 2. The zero-order valence-electron chi connectivity index (χ0n) is 15.1. The first kappa shape index (κ1) is 18.6. The van der Waals surface area contributed by atoms with Crippen LogP contribution < -0.4 is 5.32 Å². The summed E-state index contributed by atoms with van der Waals surface area (Å²) in [5.74, 6) is -1.68. The van der Waals surface area contributed by atoms with Gasteiger partial charge in [0.05, 0.1) is 11.3 Å². The van der Waals surface area contributed by atoms with E-state index in [1.807, 2.05) is 34.6 Å². The molecule has 0 radical (unpaired) electrons. The Labute approximate surface area is 147 Å². The van der Waals surface area contributed by atoms with E-state index >= 15 is 0 Å². The Morgan fingerprint density at radius 1 is 0.920 bits per heavy atom. The number of para-hydroxylation sites is 1. The number of anilines is 1. The van der Waals surface area contributed by atoms with Crippen molar-refractivity contribution in [2.75, 3.05) is 11.9 Å². The van der Waals surface area contributed by atoms with Crippen LogP contribution in [0.4, 0.5) is 10.1 Å². The Balaban J connectivity index is 2.11. The number of hydrogen-bond donors (Lipinski definition) is 1. The van der Waals surface area contributed by atoms with Crippen molar-refractivity contribution in [3.05, 3.63) is 63.5 Å². The van der Waals surface area contributed by atoms with E-state index in [1.165, 1.54) is 18.2 Å². The number of hydrogen-bond acceptors (Lipinski definition) is 3. The number of carbonyl (C=O) groups is 2. The van der Waals surface area contributed by atoms with Crippen LogP contribution in [0.1, 0.15) is 38.2 Å². The molecule has 0 spiro atoms. The largest absolute Gasteiger partial charge is 0.452 e. The van der Waals surface area contributed by atoms with E-state index in [0.29, 0.717) is 5.56 Å². The van der Waals surface area contributed by atoms with Crippen molar-refractivity contribution in [1.29, 1.82) is 0 Å². The fraction of sp³-hybridized carbons (Fsp3) is 0.300. The summed E-state index contributed by atoms with van der Waals surface area (Å²) < 4.78 is 18.7. The van der Waals surface area contributed by atoms with Crippen LogP contribution in [0.15, 0.2) is 24.3 Å². The van der Waals surface area contributed by atoms with Gasteiger partial charge in [-0.1, -0.05) is 12.1 Å². The highest BCUT2D eigenvalue weighted by Crippen LogP contribution is 2.26. The van der Waals surface area contributed by atoms with Crippen LogP contribution in [-0.2, 0) is 9.53 Å². The van der Waals surface area contributed by atoms with Gasteiger partial charge in [0.1, 0.15) is 5.82 Å². The first-order valence-corrected chi connectivity index (χ1v) is 8.02. The predicted octanol–water partition coefficient (Wildman–Crippen LogP) is 4.16. The first-order chi connectivity index (χ1) is 11.7. The lowest BCUT2D eigenvalue weighted by Gasteiger charge is -2.17. The van der Waals surface area contributed by atoms with Crippen molar-refractivity contribution in [3.63, 3.8) is 0 Å². The molecular formula is C20H22FNO3. The zero-order chi connectivity index (χ0) is 18.7. The highest BCUT2D eigenvalue weighted by Gasteiger charge is 2.20. The van der Waals surface area contributed by atoms with Crippen LogP contribution in [0, 0.1) is 40.4 Å². The Morgan fingerprint density at radius 3 is 2.00 bits per heavy atom. The van der Waals surface area contributed by atoms with Crippen LogP contribution in [-0.4, -0.2) is 18.5 Å². The molecule has 0 saturated carbocycles. The van der Waals surface area contributed by atoms with E-state index in [2.05, 4.69) is 5.32 Å². The quantitative estimate of drug-likeness (QED) is 0.848. The molecule has 2 aromatic rings. The van der Waals surface area contributed by atoms with Gasteiger partial charge in [-0.05, 0) is 74.6 Å². The lowest BCUT2D eigenvalue weighted by Crippen LogP contribution is -2.22. The van der Waals surface area contributed by atoms with Gasteiger partial charge in [0.25, 0.3) is 5.91 Å². The minimum absolute atomic E-state index is 0.0536. The molecule has 0 aliphatic carbocycles. The maximum Gasteiger partial charge on any atom is 0.339 e. The molecule has 0 aliphatic rings. The van der Waals surface area contributed by atoms with Gasteiger partial charge in [0.15, 0.2) is 6.61 Å². The predicted molar refractivity (Wildman–Crippen MR) is 95.4 cm³/mol. The van der Waals surface area contributed by atoms with Crippen LogP contribution >= 0.6 is 0 Å². The maximum absolute atomic E-state index is 13.5. The Bertz CT molecular complexity index is 814. The van der Waals surface area contributed by atoms with Crippen LogP contribution in [0.25, 0.3) is 0 Å². The van der Waals surface area contributed by atoms with Crippen molar-refractivity contribution in [2.45, 2.75) is 34.6 Å². The minimum Gasteiger partial charge on any atom is -0.452 e. The second-order valence-corrected chi connectivity index (χ2v) is 6.10. The number of esters is 1. The third kappa shape index (κ3) is 3.87. The zero-order valence-corrected chi connectivity index (χ0v) is 15.1. The van der Waals surface area contributed by atoms with Gasteiger partial charge >= 0.3 is 5.97 Å². The van der Waals surface area contributed by atoms with Gasteiger partial charge in [0.2, 0.25) is 0 Å². The van der Waals surface area contributed by atoms with E-state index in [1.54, 1.807) is 6.07 Å². The molecule has 0 aromatic heterocycles. The van der Waals surface area contributed by atoms with Crippen molar-refractivity contribution in [2.24, 2.45) is 0 Å². The highest BCUT2D eigenvalue weighted by atomic mass is 19.1. The van der Waals surface area contributed by atoms with Crippen LogP contribution in [0.2, 0.25) is 0 Å². The number of ether oxygens (including phenoxy) is 1. The van der Waals surface area contributed by atoms with Gasteiger partial charge < -0.3 is 10.1 Å². The smallest absolute Gasteiger partial charge is 0.339 e. The standard InChI is InChI=1S/C20H22FNO3/c1-11-12(2)14(4)19(15(5)13(11)3)20(24)25-10-18(23)22-17-9-7-6-8-16(17)21/h6-9H,10H2,1-5H3,(H,22,23). The van der Waals surface area contributed by atoms with Gasteiger partial charge in [0, 0.05) is 0 Å². The lowest BCUT2D eigenvalue weighted by atomic mass is 9.90. The van der Waals surface area contributed by atoms with Gasteiger partial charge in [-0.2, -0.15) is 0 Å². The number of halogens is 1. The van der Waals surface area contributed by atoms with Crippen molar-refractivity contribution in [1.82, 2.24) is 0 Å². The Kier molecular flexibility index (Phi) is 5.57. The molecule has 5 heteroatoms. The molecule has 0 bridgehead atoms. The second-order valence-electron chi connectivity index (χ2n) is 6.10. The van der Waals surface area contributed by atoms with Crippen molar-refractivity contribution in [3.8, 4) is 0 Å². The number of nitrogens with one attached hydrogen (secondary N) is 1. The third-order valence-electron chi connectivity index (χ3n) is 4.69. The van der Waals surface area contributed by atoms with Gasteiger partial charge in [-0.3, -0.25) is 4.79 Å². The number of benzene rings is 2. The fourth-order valence-corrected chi connectivity index (χ4v) is 2.76. The average molecular weight is 343 g/mol. The summed E-state index contributed by atoms with van der Waals surface area (Å²) in [7, 11) is 0. The molecule has 132 valence electrons. The Morgan fingerprint density at radius 2 is 1.44 bits per heavy atom. The topological polar surface area (TPSA) is 55.4 Å². The molecule has 0 aliphatic heterocycles. The average Bonchev–Trinajstić information content (AvgIpc) is 2.58. The molecule has 1 amide bonds. The fourth-order valence-electron chi connectivity index (χ4n) is 2.76. The highest BCUT2D eigenvalue weighted by molar-refractivity contribution is 5.97.